The van der Waals surface area contributed by atoms with E-state index >= 15 is 0 Å². The summed E-state index contributed by atoms with van der Waals surface area (Å²) in [6.07, 6.45) is 4.55. The van der Waals surface area contributed by atoms with Gasteiger partial charge < -0.3 is 0 Å². The van der Waals surface area contributed by atoms with Crippen LogP contribution in [-0.4, -0.2) is 12.1 Å². The maximum Gasteiger partial charge on any atom is 0.172 e. The molecule has 0 fully saturated rings. The number of aldehydes is 1. The van der Waals surface area contributed by atoms with Crippen molar-refractivity contribution >= 4 is 23.4 Å². The molecule has 1 heterocycles. The monoisotopic (exact) mass is 210 g/mol. The molecule has 0 spiro atoms. The topological polar surface area (TPSA) is 34.1 Å². The predicted octanol–water partition coefficient (Wildman–Crippen LogP) is 3.32. The number of carbonyl (C=O) groups excluding carboxylic acids is 2. The molecular weight excluding hydrogens is 196 g/mol. The van der Waals surface area contributed by atoms with Gasteiger partial charge in [0.05, 0.1) is 9.75 Å². The number of hydrogen-bond acceptors (Lipinski definition) is 3. The van der Waals surface area contributed by atoms with E-state index in [9.17, 15) is 9.59 Å². The molecule has 0 aromatic carbocycles. The highest BCUT2D eigenvalue weighted by Crippen LogP contribution is 2.17. The van der Waals surface area contributed by atoms with Crippen molar-refractivity contribution in [1.82, 2.24) is 0 Å². The van der Waals surface area contributed by atoms with Gasteiger partial charge in [-0.3, -0.25) is 9.59 Å². The molecule has 1 aromatic rings. The second kappa shape index (κ2) is 5.70. The van der Waals surface area contributed by atoms with E-state index in [1.807, 2.05) is 0 Å². The molecule has 0 amide bonds. The summed E-state index contributed by atoms with van der Waals surface area (Å²) in [5.74, 6) is 0.163. The molecule has 0 saturated heterocycles. The van der Waals surface area contributed by atoms with Crippen LogP contribution in [0.25, 0.3) is 0 Å². The van der Waals surface area contributed by atoms with Gasteiger partial charge in [0.15, 0.2) is 12.1 Å². The van der Waals surface area contributed by atoms with Crippen LogP contribution in [0, 0.1) is 0 Å². The molecule has 1 aromatic heterocycles. The molecule has 14 heavy (non-hydrogen) atoms. The Labute approximate surface area is 87.9 Å². The summed E-state index contributed by atoms with van der Waals surface area (Å²) in [7, 11) is 0. The first-order valence-corrected chi connectivity index (χ1v) is 5.67. The zero-order valence-corrected chi connectivity index (χ0v) is 9.10. The van der Waals surface area contributed by atoms with Gasteiger partial charge in [-0.25, -0.2) is 0 Å². The number of unbranched alkanes of at least 4 members (excludes halogenated alkanes) is 2. The third-order valence-corrected chi connectivity index (χ3v) is 3.08. The lowest BCUT2D eigenvalue weighted by molar-refractivity contribution is 0.0983. The molecule has 0 radical (unpaired) electrons. The van der Waals surface area contributed by atoms with Crippen molar-refractivity contribution in [3.05, 3.63) is 21.9 Å². The predicted molar refractivity (Wildman–Crippen MR) is 58.2 cm³/mol. The van der Waals surface area contributed by atoms with Crippen LogP contribution in [0.5, 0.6) is 0 Å². The van der Waals surface area contributed by atoms with Crippen LogP contribution in [0.3, 0.4) is 0 Å². The summed E-state index contributed by atoms with van der Waals surface area (Å²) >= 11 is 1.28. The molecule has 76 valence electrons. The van der Waals surface area contributed by atoms with Crippen molar-refractivity contribution in [2.45, 2.75) is 32.6 Å². The van der Waals surface area contributed by atoms with Crippen LogP contribution >= 0.6 is 11.3 Å². The van der Waals surface area contributed by atoms with E-state index < -0.39 is 0 Å². The van der Waals surface area contributed by atoms with E-state index in [-0.39, 0.29) is 5.78 Å². The largest absolute Gasteiger partial charge is 0.297 e. The van der Waals surface area contributed by atoms with E-state index in [0.29, 0.717) is 16.2 Å². The van der Waals surface area contributed by atoms with Gasteiger partial charge in [0.1, 0.15) is 0 Å². The fourth-order valence-corrected chi connectivity index (χ4v) is 2.01. The highest BCUT2D eigenvalue weighted by atomic mass is 32.1. The SMILES string of the molecule is CCCCCC(=O)c1ccc(C=O)s1. The Morgan fingerprint density at radius 3 is 2.79 bits per heavy atom. The molecule has 0 aliphatic rings. The fraction of sp³-hybridized carbons (Fsp3) is 0.455. The van der Waals surface area contributed by atoms with Gasteiger partial charge in [0, 0.05) is 6.42 Å². The molecule has 1 rings (SSSR count). The zero-order valence-electron chi connectivity index (χ0n) is 8.29. The van der Waals surface area contributed by atoms with Gasteiger partial charge >= 0.3 is 0 Å². The number of ketones is 1. The quantitative estimate of drug-likeness (QED) is 0.410. The Bertz CT molecular complexity index is 315. The Hall–Kier alpha value is -0.960. The van der Waals surface area contributed by atoms with Crippen molar-refractivity contribution in [3.8, 4) is 0 Å². The van der Waals surface area contributed by atoms with Crippen LogP contribution in [0.1, 0.15) is 52.0 Å². The summed E-state index contributed by atoms with van der Waals surface area (Å²) in [5, 5.41) is 0. The third kappa shape index (κ3) is 3.07. The summed E-state index contributed by atoms with van der Waals surface area (Å²) in [6, 6.07) is 3.44. The molecule has 0 atom stereocenters. The minimum absolute atomic E-state index is 0.163. The average molecular weight is 210 g/mol. The Morgan fingerprint density at radius 1 is 1.43 bits per heavy atom. The third-order valence-electron chi connectivity index (χ3n) is 2.03. The first kappa shape index (κ1) is 11.1. The Kier molecular flexibility index (Phi) is 4.53. The molecule has 0 bridgehead atoms. The normalized spacial score (nSPS) is 10.1. The number of carbonyl (C=O) groups is 2. The van der Waals surface area contributed by atoms with Crippen LogP contribution in [0.4, 0.5) is 0 Å². The number of Topliss-reactive ketones (excluding diaryl/α,β-unsaturated/α-hetero) is 1. The second-order valence-electron chi connectivity index (χ2n) is 3.20. The van der Waals surface area contributed by atoms with Gasteiger partial charge in [-0.05, 0) is 18.6 Å². The van der Waals surface area contributed by atoms with Crippen LogP contribution < -0.4 is 0 Å². The Balaban J connectivity index is 2.47. The second-order valence-corrected chi connectivity index (χ2v) is 4.32. The van der Waals surface area contributed by atoms with Gasteiger partial charge in [0.2, 0.25) is 0 Å². The van der Waals surface area contributed by atoms with Crippen molar-refractivity contribution in [2.24, 2.45) is 0 Å². The molecule has 2 nitrogen and oxygen atoms in total. The van der Waals surface area contributed by atoms with Crippen LogP contribution in [0.2, 0.25) is 0 Å². The highest BCUT2D eigenvalue weighted by Gasteiger charge is 2.08. The molecule has 0 saturated carbocycles. The molecular formula is C11H14O2S. The molecule has 0 aliphatic carbocycles. The van der Waals surface area contributed by atoms with Gasteiger partial charge in [-0.15, -0.1) is 11.3 Å². The average Bonchev–Trinajstić information content (AvgIpc) is 2.66. The lowest BCUT2D eigenvalue weighted by Crippen LogP contribution is -1.94. The standard InChI is InChI=1S/C11H14O2S/c1-2-3-4-5-10(13)11-7-6-9(8-12)14-11/h6-8H,2-5H2,1H3. The first-order chi connectivity index (χ1) is 6.77. The maximum atomic E-state index is 11.5. The maximum absolute atomic E-state index is 11.5. The van der Waals surface area contributed by atoms with E-state index in [2.05, 4.69) is 6.92 Å². The molecule has 0 N–H and O–H groups in total. The van der Waals surface area contributed by atoms with Crippen molar-refractivity contribution in [2.75, 3.05) is 0 Å². The lowest BCUT2D eigenvalue weighted by Gasteiger charge is -1.95. The summed E-state index contributed by atoms with van der Waals surface area (Å²) in [6.45, 7) is 2.11. The lowest BCUT2D eigenvalue weighted by atomic mass is 10.1. The van der Waals surface area contributed by atoms with E-state index in [1.165, 1.54) is 11.3 Å². The summed E-state index contributed by atoms with van der Waals surface area (Å²) in [4.78, 5) is 23.3. The number of rotatable bonds is 6. The first-order valence-electron chi connectivity index (χ1n) is 4.86. The summed E-state index contributed by atoms with van der Waals surface area (Å²) < 4.78 is 0. The number of hydrogen-bond donors (Lipinski definition) is 0. The smallest absolute Gasteiger partial charge is 0.172 e. The Morgan fingerprint density at radius 2 is 2.21 bits per heavy atom. The minimum atomic E-state index is 0.163. The van der Waals surface area contributed by atoms with E-state index in [0.717, 1.165) is 25.5 Å². The molecule has 0 unspecified atom stereocenters. The van der Waals surface area contributed by atoms with Gasteiger partial charge in [-0.2, -0.15) is 0 Å². The van der Waals surface area contributed by atoms with E-state index in [4.69, 9.17) is 0 Å². The van der Waals surface area contributed by atoms with Crippen LogP contribution in [0.15, 0.2) is 12.1 Å². The summed E-state index contributed by atoms with van der Waals surface area (Å²) in [5.41, 5.74) is 0. The fourth-order valence-electron chi connectivity index (χ4n) is 1.22. The number of thiophene rings is 1. The molecule has 3 heteroatoms. The highest BCUT2D eigenvalue weighted by molar-refractivity contribution is 7.15. The minimum Gasteiger partial charge on any atom is -0.297 e. The van der Waals surface area contributed by atoms with Crippen LogP contribution in [-0.2, 0) is 0 Å². The van der Waals surface area contributed by atoms with Crippen molar-refractivity contribution in [3.63, 3.8) is 0 Å². The van der Waals surface area contributed by atoms with E-state index in [1.54, 1.807) is 12.1 Å². The van der Waals surface area contributed by atoms with Gasteiger partial charge in [0.25, 0.3) is 0 Å². The van der Waals surface area contributed by atoms with Gasteiger partial charge in [-0.1, -0.05) is 19.8 Å². The zero-order chi connectivity index (χ0) is 10.4. The molecule has 0 aliphatic heterocycles. The van der Waals surface area contributed by atoms with Crippen molar-refractivity contribution < 1.29 is 9.59 Å². The van der Waals surface area contributed by atoms with Crippen molar-refractivity contribution in [1.29, 1.82) is 0 Å².